The molecule has 2 N–H and O–H groups in total. The predicted molar refractivity (Wildman–Crippen MR) is 124 cm³/mol. The molecule has 2 aliphatic heterocycles. The van der Waals surface area contributed by atoms with E-state index in [1.807, 2.05) is 31.2 Å². The first kappa shape index (κ1) is 23.3. The minimum atomic E-state index is -3.83. The summed E-state index contributed by atoms with van der Waals surface area (Å²) in [5, 5.41) is 5.68. The number of nitrogens with one attached hydrogen (secondary N) is 2. The van der Waals surface area contributed by atoms with Gasteiger partial charge in [-0.15, -0.1) is 0 Å². The van der Waals surface area contributed by atoms with Gasteiger partial charge in [0.2, 0.25) is 15.9 Å². The van der Waals surface area contributed by atoms with E-state index in [9.17, 15) is 18.0 Å². The summed E-state index contributed by atoms with van der Waals surface area (Å²) in [4.78, 5) is 24.8. The van der Waals surface area contributed by atoms with Crippen molar-refractivity contribution in [1.29, 1.82) is 0 Å². The Hall–Kier alpha value is -2.91. The zero-order valence-corrected chi connectivity index (χ0v) is 19.9. The molecule has 0 bridgehead atoms. The third kappa shape index (κ3) is 4.89. The van der Waals surface area contributed by atoms with Crippen LogP contribution in [0.5, 0.6) is 5.75 Å². The molecular weight excluding hydrogens is 442 g/mol. The van der Waals surface area contributed by atoms with E-state index < -0.39 is 22.0 Å². The number of hydrogen-bond acceptors (Lipinski definition) is 5. The van der Waals surface area contributed by atoms with Gasteiger partial charge in [0.05, 0.1) is 16.5 Å². The van der Waals surface area contributed by atoms with Gasteiger partial charge in [-0.05, 0) is 50.8 Å². The number of benzene rings is 2. The Morgan fingerprint density at radius 1 is 1.21 bits per heavy atom. The van der Waals surface area contributed by atoms with Crippen molar-refractivity contribution in [3.05, 3.63) is 53.1 Å². The lowest BCUT2D eigenvalue weighted by atomic mass is 9.98. The number of amides is 2. The predicted octanol–water partition coefficient (Wildman–Crippen LogP) is 2.74. The van der Waals surface area contributed by atoms with Crippen molar-refractivity contribution in [3.8, 4) is 5.75 Å². The molecular formula is C24H29N3O5S. The van der Waals surface area contributed by atoms with Gasteiger partial charge in [-0.25, -0.2) is 8.42 Å². The van der Waals surface area contributed by atoms with Gasteiger partial charge < -0.3 is 15.4 Å². The SMILES string of the molecule is Cc1ccc(CNC(=O)C2CCCN(S(=O)(=O)c3cc4c(cc3C)NC(=O)C(C)O4)C2)cc1. The van der Waals surface area contributed by atoms with Crippen LogP contribution in [0.3, 0.4) is 0 Å². The van der Waals surface area contributed by atoms with Gasteiger partial charge in [-0.1, -0.05) is 29.8 Å². The van der Waals surface area contributed by atoms with E-state index in [-0.39, 0.29) is 23.3 Å². The largest absolute Gasteiger partial charge is 0.479 e. The van der Waals surface area contributed by atoms with Crippen LogP contribution in [0.4, 0.5) is 5.69 Å². The summed E-state index contributed by atoms with van der Waals surface area (Å²) in [6.45, 7) is 6.20. The summed E-state index contributed by atoms with van der Waals surface area (Å²) in [5.74, 6) is -0.492. The molecule has 0 saturated carbocycles. The van der Waals surface area contributed by atoms with Gasteiger partial charge in [0.1, 0.15) is 5.75 Å². The Morgan fingerprint density at radius 3 is 2.67 bits per heavy atom. The molecule has 9 heteroatoms. The number of carbonyl (C=O) groups is 2. The third-order valence-corrected chi connectivity index (χ3v) is 8.18. The molecule has 2 amide bonds. The maximum atomic E-state index is 13.5. The summed E-state index contributed by atoms with van der Waals surface area (Å²) < 4.78 is 33.9. The monoisotopic (exact) mass is 471 g/mol. The number of nitrogens with zero attached hydrogens (tertiary/aromatic N) is 1. The van der Waals surface area contributed by atoms with Crippen LogP contribution in [0.25, 0.3) is 0 Å². The van der Waals surface area contributed by atoms with Crippen LogP contribution in [0.15, 0.2) is 41.3 Å². The Balaban J connectivity index is 1.48. The second kappa shape index (κ2) is 9.15. The standard InChI is InChI=1S/C24H29N3O5S/c1-15-6-8-18(9-7-15)13-25-24(29)19-5-4-10-27(14-19)33(30,31)22-12-21-20(11-16(22)2)26-23(28)17(3)32-21/h6-9,11-12,17,19H,4-5,10,13-14H2,1-3H3,(H,25,29)(H,26,28). The number of rotatable bonds is 5. The molecule has 1 saturated heterocycles. The lowest BCUT2D eigenvalue weighted by Gasteiger charge is -2.32. The summed E-state index contributed by atoms with van der Waals surface area (Å²) in [7, 11) is -3.83. The molecule has 0 spiro atoms. The van der Waals surface area contributed by atoms with E-state index in [4.69, 9.17) is 4.74 Å². The molecule has 2 atom stereocenters. The first-order valence-electron chi connectivity index (χ1n) is 11.1. The zero-order valence-electron chi connectivity index (χ0n) is 19.1. The molecule has 176 valence electrons. The molecule has 4 rings (SSSR count). The van der Waals surface area contributed by atoms with E-state index in [1.165, 1.54) is 10.4 Å². The number of sulfonamides is 1. The van der Waals surface area contributed by atoms with Crippen LogP contribution in [-0.2, 0) is 26.2 Å². The third-order valence-electron chi connectivity index (χ3n) is 6.17. The summed E-state index contributed by atoms with van der Waals surface area (Å²) in [6.07, 6.45) is 0.546. The van der Waals surface area contributed by atoms with Crippen molar-refractivity contribution in [2.75, 3.05) is 18.4 Å². The molecule has 2 aliphatic rings. The Bertz CT molecular complexity index is 1180. The maximum absolute atomic E-state index is 13.5. The fraction of sp³-hybridized carbons (Fsp3) is 0.417. The number of carbonyl (C=O) groups excluding carboxylic acids is 2. The van der Waals surface area contributed by atoms with Crippen LogP contribution >= 0.6 is 0 Å². The first-order chi connectivity index (χ1) is 15.6. The van der Waals surface area contributed by atoms with Crippen molar-refractivity contribution < 1.29 is 22.7 Å². The fourth-order valence-electron chi connectivity index (χ4n) is 4.17. The fourth-order valence-corrected chi connectivity index (χ4v) is 5.92. The number of hydrogen-bond donors (Lipinski definition) is 2. The lowest BCUT2D eigenvalue weighted by Crippen LogP contribution is -2.45. The molecule has 0 aliphatic carbocycles. The first-order valence-corrected chi connectivity index (χ1v) is 12.5. The van der Waals surface area contributed by atoms with Gasteiger partial charge in [0.25, 0.3) is 5.91 Å². The van der Waals surface area contributed by atoms with Gasteiger partial charge in [0, 0.05) is 25.7 Å². The highest BCUT2D eigenvalue weighted by Crippen LogP contribution is 2.36. The van der Waals surface area contributed by atoms with E-state index in [2.05, 4.69) is 10.6 Å². The van der Waals surface area contributed by atoms with Crippen molar-refractivity contribution in [1.82, 2.24) is 9.62 Å². The lowest BCUT2D eigenvalue weighted by molar-refractivity contribution is -0.126. The van der Waals surface area contributed by atoms with Crippen LogP contribution in [0.2, 0.25) is 0 Å². The molecule has 33 heavy (non-hydrogen) atoms. The quantitative estimate of drug-likeness (QED) is 0.698. The van der Waals surface area contributed by atoms with E-state index in [0.29, 0.717) is 42.9 Å². The molecule has 2 unspecified atom stereocenters. The molecule has 8 nitrogen and oxygen atoms in total. The van der Waals surface area contributed by atoms with Gasteiger partial charge >= 0.3 is 0 Å². The highest BCUT2D eigenvalue weighted by Gasteiger charge is 2.35. The number of ether oxygens (including phenoxy) is 1. The van der Waals surface area contributed by atoms with E-state index >= 15 is 0 Å². The Morgan fingerprint density at radius 2 is 1.94 bits per heavy atom. The minimum absolute atomic E-state index is 0.130. The second-order valence-electron chi connectivity index (χ2n) is 8.77. The molecule has 0 radical (unpaired) electrons. The summed E-state index contributed by atoms with van der Waals surface area (Å²) in [6, 6.07) is 11.0. The highest BCUT2D eigenvalue weighted by atomic mass is 32.2. The van der Waals surface area contributed by atoms with E-state index in [0.717, 1.165) is 11.1 Å². The average molecular weight is 472 g/mol. The summed E-state index contributed by atoms with van der Waals surface area (Å²) in [5.41, 5.74) is 3.12. The number of anilines is 1. The molecule has 2 aromatic carbocycles. The van der Waals surface area contributed by atoms with Gasteiger partial charge in [0.15, 0.2) is 6.10 Å². The van der Waals surface area contributed by atoms with Crippen molar-refractivity contribution in [3.63, 3.8) is 0 Å². The molecule has 2 aromatic rings. The topological polar surface area (TPSA) is 105 Å². The molecule has 0 aromatic heterocycles. The Kier molecular flexibility index (Phi) is 6.45. The average Bonchev–Trinajstić information content (AvgIpc) is 2.79. The van der Waals surface area contributed by atoms with Gasteiger partial charge in [-0.3, -0.25) is 9.59 Å². The van der Waals surface area contributed by atoms with Crippen molar-refractivity contribution in [2.24, 2.45) is 5.92 Å². The minimum Gasteiger partial charge on any atom is -0.479 e. The number of fused-ring (bicyclic) bond motifs is 1. The normalized spacial score (nSPS) is 21.0. The maximum Gasteiger partial charge on any atom is 0.265 e. The number of piperidine rings is 1. The van der Waals surface area contributed by atoms with E-state index in [1.54, 1.807) is 19.9 Å². The van der Waals surface area contributed by atoms with Gasteiger partial charge in [-0.2, -0.15) is 4.31 Å². The smallest absolute Gasteiger partial charge is 0.265 e. The van der Waals surface area contributed by atoms with Crippen LogP contribution in [0, 0.1) is 19.8 Å². The second-order valence-corrected chi connectivity index (χ2v) is 10.7. The van der Waals surface area contributed by atoms with Crippen molar-refractivity contribution >= 4 is 27.5 Å². The molecule has 2 heterocycles. The van der Waals surface area contributed by atoms with Crippen molar-refractivity contribution in [2.45, 2.75) is 51.2 Å². The zero-order chi connectivity index (χ0) is 23.8. The summed E-state index contributed by atoms with van der Waals surface area (Å²) >= 11 is 0. The highest BCUT2D eigenvalue weighted by molar-refractivity contribution is 7.89. The number of aryl methyl sites for hydroxylation is 2. The Labute approximate surface area is 194 Å². The van der Waals surface area contributed by atoms with Crippen LogP contribution in [-0.4, -0.2) is 43.7 Å². The molecule has 1 fully saturated rings. The van der Waals surface area contributed by atoms with Crippen LogP contribution in [0.1, 0.15) is 36.5 Å². The van der Waals surface area contributed by atoms with Crippen LogP contribution < -0.4 is 15.4 Å².